The van der Waals surface area contributed by atoms with Crippen molar-refractivity contribution in [2.75, 3.05) is 0 Å². The van der Waals surface area contributed by atoms with Crippen LogP contribution in [0.1, 0.15) is 26.5 Å². The molecule has 0 fully saturated rings. The summed E-state index contributed by atoms with van der Waals surface area (Å²) in [4.78, 5) is 15.5. The number of H-pyrrole nitrogens is 1. The lowest BCUT2D eigenvalue weighted by atomic mass is 9.89. The lowest BCUT2D eigenvalue weighted by Gasteiger charge is -2.24. The van der Waals surface area contributed by atoms with Gasteiger partial charge in [0, 0.05) is 23.6 Å². The molecule has 0 bridgehead atoms. The predicted octanol–water partition coefficient (Wildman–Crippen LogP) is 1.61. The van der Waals surface area contributed by atoms with Crippen LogP contribution in [0, 0.1) is 5.41 Å². The molecule has 1 unspecified atom stereocenters. The Balaban J connectivity index is 2.28. The van der Waals surface area contributed by atoms with Crippen LogP contribution in [0.25, 0.3) is 5.65 Å². The van der Waals surface area contributed by atoms with E-state index in [1.165, 1.54) is 10.7 Å². The highest BCUT2D eigenvalue weighted by molar-refractivity contribution is 6.21. The second kappa shape index (κ2) is 4.14. The van der Waals surface area contributed by atoms with Gasteiger partial charge in [0.25, 0.3) is 0 Å². The molecule has 17 heavy (non-hydrogen) atoms. The van der Waals surface area contributed by atoms with Crippen molar-refractivity contribution in [2.24, 2.45) is 5.41 Å². The Labute approximate surface area is 104 Å². The molecule has 2 aromatic heterocycles. The monoisotopic (exact) mass is 254 g/mol. The summed E-state index contributed by atoms with van der Waals surface area (Å²) < 4.78 is 1.36. The topological polar surface area (TPSA) is 63.0 Å². The van der Waals surface area contributed by atoms with Crippen molar-refractivity contribution in [3.8, 4) is 0 Å². The summed E-state index contributed by atoms with van der Waals surface area (Å²) >= 11 is 6.31. The lowest BCUT2D eigenvalue weighted by Crippen LogP contribution is -2.23. The average Bonchev–Trinajstić information content (AvgIpc) is 2.59. The zero-order valence-electron chi connectivity index (χ0n) is 10.1. The van der Waals surface area contributed by atoms with Gasteiger partial charge in [0.05, 0.1) is 0 Å². The maximum Gasteiger partial charge on any atom is 0.348 e. The molecular formula is C11H15ClN4O. The smallest absolute Gasteiger partial charge is 0.246 e. The summed E-state index contributed by atoms with van der Waals surface area (Å²) in [7, 11) is 0. The van der Waals surface area contributed by atoms with E-state index in [0.29, 0.717) is 12.1 Å². The van der Waals surface area contributed by atoms with E-state index in [-0.39, 0.29) is 16.5 Å². The van der Waals surface area contributed by atoms with Crippen LogP contribution in [0.3, 0.4) is 0 Å². The van der Waals surface area contributed by atoms with Gasteiger partial charge < -0.3 is 0 Å². The summed E-state index contributed by atoms with van der Waals surface area (Å²) in [6.45, 7) is 6.26. The molecule has 0 aliphatic heterocycles. The minimum Gasteiger partial charge on any atom is -0.246 e. The van der Waals surface area contributed by atoms with Gasteiger partial charge in [-0.2, -0.15) is 5.10 Å². The predicted molar refractivity (Wildman–Crippen MR) is 66.4 cm³/mol. The van der Waals surface area contributed by atoms with Gasteiger partial charge in [0.15, 0.2) is 5.65 Å². The van der Waals surface area contributed by atoms with E-state index in [1.807, 2.05) is 0 Å². The molecule has 2 heterocycles. The summed E-state index contributed by atoms with van der Waals surface area (Å²) in [6.07, 6.45) is 2.13. The van der Waals surface area contributed by atoms with Crippen LogP contribution >= 0.6 is 11.6 Å². The standard InChI is InChI=1S/C11H15ClN4O/c1-11(2,3)8(12)4-7-5-9-14-15-10(17)16(9)6-13-7/h5-6,8H,4H2,1-3H3,(H,15,17). The van der Waals surface area contributed by atoms with Gasteiger partial charge in [-0.3, -0.25) is 0 Å². The number of nitrogens with zero attached hydrogens (tertiary/aromatic N) is 3. The van der Waals surface area contributed by atoms with Crippen molar-refractivity contribution in [1.29, 1.82) is 0 Å². The molecule has 5 nitrogen and oxygen atoms in total. The third-order valence-electron chi connectivity index (χ3n) is 2.69. The SMILES string of the molecule is CC(C)(C)C(Cl)Cc1cc2n[nH]c(=O)n2cn1. The summed E-state index contributed by atoms with van der Waals surface area (Å²) in [5.74, 6) is 0. The molecule has 0 spiro atoms. The fourth-order valence-electron chi connectivity index (χ4n) is 1.45. The number of halogens is 1. The normalized spacial score (nSPS) is 14.1. The van der Waals surface area contributed by atoms with E-state index in [9.17, 15) is 4.79 Å². The fourth-order valence-corrected chi connectivity index (χ4v) is 1.61. The van der Waals surface area contributed by atoms with E-state index in [2.05, 4.69) is 36.0 Å². The molecule has 0 amide bonds. The first kappa shape index (κ1) is 12.1. The number of nitrogens with one attached hydrogen (secondary N) is 1. The molecule has 0 aliphatic carbocycles. The number of fused-ring (bicyclic) bond motifs is 1. The third-order valence-corrected chi connectivity index (χ3v) is 3.50. The van der Waals surface area contributed by atoms with Crippen LogP contribution < -0.4 is 5.69 Å². The highest BCUT2D eigenvalue weighted by atomic mass is 35.5. The summed E-state index contributed by atoms with van der Waals surface area (Å²) in [5.41, 5.74) is 1.14. The van der Waals surface area contributed by atoms with E-state index in [0.717, 1.165) is 5.69 Å². The van der Waals surface area contributed by atoms with Crippen LogP contribution in [0.5, 0.6) is 0 Å². The van der Waals surface area contributed by atoms with E-state index < -0.39 is 0 Å². The molecule has 0 saturated carbocycles. The molecule has 6 heteroatoms. The van der Waals surface area contributed by atoms with Gasteiger partial charge in [-0.1, -0.05) is 20.8 Å². The van der Waals surface area contributed by atoms with Crippen LogP contribution in [0.4, 0.5) is 0 Å². The fraction of sp³-hybridized carbons (Fsp3) is 0.545. The minimum absolute atomic E-state index is 0.0110. The van der Waals surface area contributed by atoms with Crippen molar-refractivity contribution in [1.82, 2.24) is 19.6 Å². The number of aromatic nitrogens is 4. The largest absolute Gasteiger partial charge is 0.348 e. The van der Waals surface area contributed by atoms with Gasteiger partial charge in [-0.05, 0) is 5.41 Å². The first-order chi connectivity index (χ1) is 7.88. The summed E-state index contributed by atoms with van der Waals surface area (Å²) in [5, 5.41) is 6.25. The molecular weight excluding hydrogens is 240 g/mol. The van der Waals surface area contributed by atoms with Crippen molar-refractivity contribution >= 4 is 17.2 Å². The van der Waals surface area contributed by atoms with Gasteiger partial charge >= 0.3 is 5.69 Å². The number of rotatable bonds is 2. The number of aromatic amines is 1. The molecule has 92 valence electrons. The Hall–Kier alpha value is -1.36. The molecule has 0 radical (unpaired) electrons. The Kier molecular flexibility index (Phi) is 2.95. The first-order valence-electron chi connectivity index (χ1n) is 5.43. The molecule has 1 N–H and O–H groups in total. The quantitative estimate of drug-likeness (QED) is 0.829. The Morgan fingerprint density at radius 2 is 2.24 bits per heavy atom. The van der Waals surface area contributed by atoms with Gasteiger partial charge in [-0.15, -0.1) is 11.6 Å². The van der Waals surface area contributed by atoms with Crippen LogP contribution in [-0.2, 0) is 6.42 Å². The molecule has 2 rings (SSSR count). The van der Waals surface area contributed by atoms with Crippen molar-refractivity contribution in [3.63, 3.8) is 0 Å². The lowest BCUT2D eigenvalue weighted by molar-refractivity contribution is 0.384. The minimum atomic E-state index is -0.280. The van der Waals surface area contributed by atoms with E-state index in [1.54, 1.807) is 6.07 Å². The van der Waals surface area contributed by atoms with Gasteiger partial charge in [0.2, 0.25) is 0 Å². The van der Waals surface area contributed by atoms with E-state index in [4.69, 9.17) is 11.6 Å². The van der Waals surface area contributed by atoms with Crippen molar-refractivity contribution < 1.29 is 0 Å². The first-order valence-corrected chi connectivity index (χ1v) is 5.87. The number of hydrogen-bond donors (Lipinski definition) is 1. The number of hydrogen-bond acceptors (Lipinski definition) is 3. The van der Waals surface area contributed by atoms with Gasteiger partial charge in [-0.25, -0.2) is 19.3 Å². The maximum absolute atomic E-state index is 11.3. The Bertz CT molecular complexity index is 581. The maximum atomic E-state index is 11.3. The van der Waals surface area contributed by atoms with Crippen LogP contribution in [0.2, 0.25) is 0 Å². The Morgan fingerprint density at radius 3 is 2.88 bits per heavy atom. The van der Waals surface area contributed by atoms with Crippen molar-refractivity contribution in [3.05, 3.63) is 28.6 Å². The highest BCUT2D eigenvalue weighted by Gasteiger charge is 2.23. The third kappa shape index (κ3) is 2.49. The van der Waals surface area contributed by atoms with E-state index >= 15 is 0 Å². The van der Waals surface area contributed by atoms with Gasteiger partial charge in [0.1, 0.15) is 6.33 Å². The molecule has 0 saturated heterocycles. The number of alkyl halides is 1. The van der Waals surface area contributed by atoms with Crippen LogP contribution in [0.15, 0.2) is 17.2 Å². The molecule has 0 aromatic carbocycles. The average molecular weight is 255 g/mol. The molecule has 2 aromatic rings. The van der Waals surface area contributed by atoms with Crippen LogP contribution in [-0.4, -0.2) is 25.0 Å². The second-order valence-corrected chi connectivity index (χ2v) is 5.70. The highest BCUT2D eigenvalue weighted by Crippen LogP contribution is 2.26. The summed E-state index contributed by atoms with van der Waals surface area (Å²) in [6, 6.07) is 1.78. The zero-order valence-corrected chi connectivity index (χ0v) is 10.8. The molecule has 0 aliphatic rings. The molecule has 1 atom stereocenters. The van der Waals surface area contributed by atoms with Crippen molar-refractivity contribution in [2.45, 2.75) is 32.6 Å². The Morgan fingerprint density at radius 1 is 1.53 bits per heavy atom. The second-order valence-electron chi connectivity index (χ2n) is 5.17. The zero-order chi connectivity index (χ0) is 12.6.